The van der Waals surface area contributed by atoms with Gasteiger partial charge in [0, 0.05) is 24.0 Å². The predicted molar refractivity (Wildman–Crippen MR) is 70.4 cm³/mol. The smallest absolute Gasteiger partial charge is 0.127 e. The summed E-state index contributed by atoms with van der Waals surface area (Å²) in [5.74, 6) is -0.0985. The van der Waals surface area contributed by atoms with Gasteiger partial charge in [-0.1, -0.05) is 47.5 Å². The van der Waals surface area contributed by atoms with Crippen LogP contribution >= 0.6 is 15.9 Å². The number of halogens is 2. The molecule has 1 rings (SSSR count). The van der Waals surface area contributed by atoms with E-state index in [0.717, 1.165) is 24.0 Å². The Bertz CT molecular complexity index is 304. The van der Waals surface area contributed by atoms with Crippen LogP contribution in [0.1, 0.15) is 25.3 Å². The largest absolute Gasteiger partial charge is 0.298 e. The summed E-state index contributed by atoms with van der Waals surface area (Å²) in [4.78, 5) is 2.29. The molecule has 1 nitrogen and oxygen atoms in total. The van der Waals surface area contributed by atoms with E-state index in [1.165, 1.54) is 18.9 Å². The van der Waals surface area contributed by atoms with Gasteiger partial charge in [-0.2, -0.15) is 0 Å². The van der Waals surface area contributed by atoms with Gasteiger partial charge in [0.1, 0.15) is 5.82 Å². The van der Waals surface area contributed by atoms with Crippen LogP contribution in [0.15, 0.2) is 24.3 Å². The second-order valence-corrected chi connectivity index (χ2v) is 4.70. The number of rotatable bonds is 7. The van der Waals surface area contributed by atoms with Gasteiger partial charge >= 0.3 is 0 Å². The van der Waals surface area contributed by atoms with Crippen LogP contribution in [-0.4, -0.2) is 23.3 Å². The van der Waals surface area contributed by atoms with Crippen molar-refractivity contribution >= 4 is 15.9 Å². The maximum Gasteiger partial charge on any atom is 0.127 e. The Labute approximate surface area is 106 Å². The van der Waals surface area contributed by atoms with Gasteiger partial charge in [0.2, 0.25) is 0 Å². The van der Waals surface area contributed by atoms with Gasteiger partial charge in [-0.05, 0) is 19.0 Å². The van der Waals surface area contributed by atoms with E-state index in [4.69, 9.17) is 0 Å². The molecule has 1 aromatic rings. The van der Waals surface area contributed by atoms with Crippen LogP contribution in [0, 0.1) is 5.82 Å². The lowest BCUT2D eigenvalue weighted by molar-refractivity contribution is 0.274. The molecule has 0 N–H and O–H groups in total. The maximum absolute atomic E-state index is 13.5. The second kappa shape index (κ2) is 7.80. The van der Waals surface area contributed by atoms with Gasteiger partial charge < -0.3 is 0 Å². The van der Waals surface area contributed by atoms with E-state index in [1.807, 2.05) is 12.1 Å². The fourth-order valence-corrected chi connectivity index (χ4v) is 2.14. The van der Waals surface area contributed by atoms with Crippen molar-refractivity contribution in [2.24, 2.45) is 0 Å². The molecular weight excluding hydrogens is 269 g/mol. The zero-order valence-corrected chi connectivity index (χ0v) is 11.3. The highest BCUT2D eigenvalue weighted by atomic mass is 79.9. The zero-order valence-electron chi connectivity index (χ0n) is 9.76. The molecule has 0 unspecified atom stereocenters. The Balaban J connectivity index is 2.56. The summed E-state index contributed by atoms with van der Waals surface area (Å²) < 4.78 is 13.5. The fourth-order valence-electron chi connectivity index (χ4n) is 1.64. The van der Waals surface area contributed by atoms with Crippen molar-refractivity contribution in [2.45, 2.75) is 26.3 Å². The number of hydrogen-bond donors (Lipinski definition) is 0. The molecule has 0 aliphatic carbocycles. The monoisotopic (exact) mass is 287 g/mol. The Morgan fingerprint density at radius 2 is 2.00 bits per heavy atom. The molecule has 0 bridgehead atoms. The molecule has 16 heavy (non-hydrogen) atoms. The average molecular weight is 288 g/mol. The first-order valence-corrected chi connectivity index (χ1v) is 6.91. The lowest BCUT2D eigenvalue weighted by atomic mass is 10.2. The number of alkyl halides is 1. The summed E-state index contributed by atoms with van der Waals surface area (Å²) in [6, 6.07) is 7.02. The number of unbranched alkanes of at least 4 members (excludes halogenated alkanes) is 1. The van der Waals surface area contributed by atoms with Crippen LogP contribution in [0.2, 0.25) is 0 Å². The molecular formula is C13H19BrFN. The molecule has 0 saturated heterocycles. The maximum atomic E-state index is 13.5. The molecule has 0 aliphatic rings. The highest BCUT2D eigenvalue weighted by Gasteiger charge is 2.07. The molecule has 0 heterocycles. The van der Waals surface area contributed by atoms with E-state index in [1.54, 1.807) is 6.07 Å². The molecule has 3 heteroatoms. The first kappa shape index (κ1) is 13.7. The summed E-state index contributed by atoms with van der Waals surface area (Å²) >= 11 is 3.44. The molecule has 0 radical (unpaired) electrons. The fraction of sp³-hybridized carbons (Fsp3) is 0.538. The Morgan fingerprint density at radius 1 is 1.25 bits per heavy atom. The van der Waals surface area contributed by atoms with Crippen molar-refractivity contribution in [3.8, 4) is 0 Å². The van der Waals surface area contributed by atoms with Gasteiger partial charge in [0.05, 0.1) is 0 Å². The van der Waals surface area contributed by atoms with Crippen LogP contribution < -0.4 is 0 Å². The number of benzene rings is 1. The summed E-state index contributed by atoms with van der Waals surface area (Å²) in [5.41, 5.74) is 0.791. The molecule has 0 atom stereocenters. The summed E-state index contributed by atoms with van der Waals surface area (Å²) in [6.45, 7) is 4.89. The topological polar surface area (TPSA) is 3.24 Å². The van der Waals surface area contributed by atoms with E-state index < -0.39 is 0 Å². The molecule has 1 aromatic carbocycles. The van der Waals surface area contributed by atoms with Crippen LogP contribution in [0.25, 0.3) is 0 Å². The van der Waals surface area contributed by atoms with E-state index in [-0.39, 0.29) is 5.82 Å². The average Bonchev–Trinajstić information content (AvgIpc) is 2.29. The quantitative estimate of drug-likeness (QED) is 0.689. The molecule has 0 amide bonds. The lowest BCUT2D eigenvalue weighted by Crippen LogP contribution is -2.26. The van der Waals surface area contributed by atoms with E-state index >= 15 is 0 Å². The van der Waals surface area contributed by atoms with Crippen molar-refractivity contribution in [1.29, 1.82) is 0 Å². The van der Waals surface area contributed by atoms with E-state index in [9.17, 15) is 4.39 Å². The van der Waals surface area contributed by atoms with Gasteiger partial charge in [-0.25, -0.2) is 4.39 Å². The molecule has 0 saturated carbocycles. The van der Waals surface area contributed by atoms with Crippen molar-refractivity contribution in [3.63, 3.8) is 0 Å². The third kappa shape index (κ3) is 4.62. The van der Waals surface area contributed by atoms with Crippen LogP contribution in [0.5, 0.6) is 0 Å². The highest BCUT2D eigenvalue weighted by Crippen LogP contribution is 2.10. The minimum Gasteiger partial charge on any atom is -0.298 e. The predicted octanol–water partition coefficient (Wildman–Crippen LogP) is 3.82. The van der Waals surface area contributed by atoms with E-state index in [2.05, 4.69) is 27.8 Å². The third-order valence-corrected chi connectivity index (χ3v) is 2.94. The molecule has 0 spiro atoms. The minimum absolute atomic E-state index is 0.0985. The van der Waals surface area contributed by atoms with Gasteiger partial charge in [-0.3, -0.25) is 4.90 Å². The normalized spacial score (nSPS) is 11.0. The van der Waals surface area contributed by atoms with Crippen molar-refractivity contribution in [3.05, 3.63) is 35.6 Å². The van der Waals surface area contributed by atoms with Crippen LogP contribution in [0.3, 0.4) is 0 Å². The number of hydrogen-bond acceptors (Lipinski definition) is 1. The van der Waals surface area contributed by atoms with Crippen molar-refractivity contribution < 1.29 is 4.39 Å². The van der Waals surface area contributed by atoms with Gasteiger partial charge in [0.25, 0.3) is 0 Å². The standard InChI is InChI=1S/C13H19BrFN/c1-2-3-9-16(10-8-14)11-12-6-4-5-7-13(12)15/h4-7H,2-3,8-11H2,1H3. The minimum atomic E-state index is -0.0985. The highest BCUT2D eigenvalue weighted by molar-refractivity contribution is 9.09. The first-order chi connectivity index (χ1) is 7.77. The molecule has 0 fully saturated rings. The third-order valence-electron chi connectivity index (χ3n) is 2.58. The SMILES string of the molecule is CCCCN(CCBr)Cc1ccccc1F. The first-order valence-electron chi connectivity index (χ1n) is 5.79. The lowest BCUT2D eigenvalue weighted by Gasteiger charge is -2.21. The summed E-state index contributed by atoms with van der Waals surface area (Å²) in [6.07, 6.45) is 2.34. The van der Waals surface area contributed by atoms with Crippen molar-refractivity contribution in [2.75, 3.05) is 18.4 Å². The van der Waals surface area contributed by atoms with Crippen molar-refractivity contribution in [1.82, 2.24) is 4.90 Å². The van der Waals surface area contributed by atoms with Crippen LogP contribution in [0.4, 0.5) is 4.39 Å². The molecule has 0 aliphatic heterocycles. The van der Waals surface area contributed by atoms with Gasteiger partial charge in [-0.15, -0.1) is 0 Å². The Hall–Kier alpha value is -0.410. The Kier molecular flexibility index (Phi) is 6.65. The van der Waals surface area contributed by atoms with Gasteiger partial charge in [0.15, 0.2) is 0 Å². The van der Waals surface area contributed by atoms with Crippen LogP contribution in [-0.2, 0) is 6.54 Å². The Morgan fingerprint density at radius 3 is 2.62 bits per heavy atom. The summed E-state index contributed by atoms with van der Waals surface area (Å²) in [7, 11) is 0. The van der Waals surface area contributed by atoms with E-state index in [0.29, 0.717) is 6.54 Å². The molecule has 0 aromatic heterocycles. The second-order valence-electron chi connectivity index (χ2n) is 3.91. The molecule has 90 valence electrons. The summed E-state index contributed by atoms with van der Waals surface area (Å²) in [5, 5.41) is 0.936. The number of nitrogens with zero attached hydrogens (tertiary/aromatic N) is 1. The zero-order chi connectivity index (χ0) is 11.8.